The molecule has 2 unspecified atom stereocenters. The van der Waals surface area contributed by atoms with E-state index in [4.69, 9.17) is 26.9 Å². The molecule has 1 saturated heterocycles. The van der Waals surface area contributed by atoms with Crippen molar-refractivity contribution in [1.82, 2.24) is 10.3 Å². The number of alkyl carbamates (subject to hydrolysis) is 1. The van der Waals surface area contributed by atoms with Gasteiger partial charge in [0.25, 0.3) is 5.91 Å². The summed E-state index contributed by atoms with van der Waals surface area (Å²) in [5.41, 5.74) is -1.51. The van der Waals surface area contributed by atoms with Crippen molar-refractivity contribution < 1.29 is 28.2 Å². The maximum absolute atomic E-state index is 15.5. The normalized spacial score (nSPS) is 16.7. The molecule has 0 radical (unpaired) electrons. The van der Waals surface area contributed by atoms with E-state index in [0.29, 0.717) is 24.4 Å². The Kier molecular flexibility index (Phi) is 9.64. The molecule has 0 saturated carbocycles. The van der Waals surface area contributed by atoms with Crippen LogP contribution in [0, 0.1) is 5.82 Å². The summed E-state index contributed by atoms with van der Waals surface area (Å²) in [6, 6.07) is 0.590. The fourth-order valence-electron chi connectivity index (χ4n) is 3.64. The van der Waals surface area contributed by atoms with Crippen LogP contribution in [0.25, 0.3) is 0 Å². The van der Waals surface area contributed by atoms with E-state index in [-0.39, 0.29) is 40.6 Å². The Bertz CT molecular complexity index is 1020. The molecule has 4 N–H and O–H groups in total. The summed E-state index contributed by atoms with van der Waals surface area (Å²) >= 11 is 6.69. The first-order chi connectivity index (χ1) is 16.9. The van der Waals surface area contributed by atoms with E-state index in [1.54, 1.807) is 46.4 Å². The highest BCUT2D eigenvalue weighted by Crippen LogP contribution is 2.40. The summed E-state index contributed by atoms with van der Waals surface area (Å²) in [4.78, 5) is 39.4. The van der Waals surface area contributed by atoms with Gasteiger partial charge in [0.1, 0.15) is 17.0 Å². The van der Waals surface area contributed by atoms with Gasteiger partial charge in [0.15, 0.2) is 0 Å². The summed E-state index contributed by atoms with van der Waals surface area (Å²) < 4.78 is 25.9. The molecule has 0 bridgehead atoms. The van der Waals surface area contributed by atoms with Crippen molar-refractivity contribution in [2.75, 3.05) is 23.3 Å². The first kappa shape index (κ1) is 30.4. The van der Waals surface area contributed by atoms with Crippen molar-refractivity contribution in [3.63, 3.8) is 0 Å². The molecule has 208 valence electrons. The number of amides is 3. The zero-order chi connectivity index (χ0) is 28.3. The second-order valence-corrected chi connectivity index (χ2v) is 11.5. The fraction of sp³-hybridized carbons (Fsp3) is 0.640. The predicted octanol–water partition coefficient (Wildman–Crippen LogP) is 5.04. The highest BCUT2D eigenvalue weighted by Gasteiger charge is 2.34. The molecule has 2 rings (SSSR count). The molecule has 0 aromatic heterocycles. The third-order valence-corrected chi connectivity index (χ3v) is 5.83. The van der Waals surface area contributed by atoms with Crippen LogP contribution >= 0.6 is 11.6 Å². The van der Waals surface area contributed by atoms with Crippen LogP contribution in [-0.4, -0.2) is 59.5 Å². The number of halogens is 2. The summed E-state index contributed by atoms with van der Waals surface area (Å²) in [5, 5.41) is 6.21. The van der Waals surface area contributed by atoms with E-state index in [9.17, 15) is 14.4 Å². The number of rotatable bonds is 6. The number of benzene rings is 1. The van der Waals surface area contributed by atoms with Gasteiger partial charge in [0.2, 0.25) is 0 Å². The van der Waals surface area contributed by atoms with Crippen LogP contribution in [0.2, 0.25) is 5.02 Å². The maximum atomic E-state index is 15.5. The third kappa shape index (κ3) is 8.36. The van der Waals surface area contributed by atoms with Gasteiger partial charge in [-0.1, -0.05) is 18.5 Å². The summed E-state index contributed by atoms with van der Waals surface area (Å²) in [6.45, 7) is 14.7. The highest BCUT2D eigenvalue weighted by molar-refractivity contribution is 6.37. The minimum absolute atomic E-state index is 0.0286. The number of hydrazine groups is 1. The van der Waals surface area contributed by atoms with Crippen LogP contribution in [0.5, 0.6) is 0 Å². The number of carbonyl (C=O) groups excluding carboxylic acids is 3. The number of carbonyl (C=O) groups is 3. The number of hydrogen-bond acceptors (Lipinski definition) is 8. The van der Waals surface area contributed by atoms with E-state index in [2.05, 4.69) is 10.6 Å². The smallest absolute Gasteiger partial charge is 0.432 e. The number of ether oxygens (including phenoxy) is 2. The van der Waals surface area contributed by atoms with Gasteiger partial charge in [-0.05, 0) is 67.4 Å². The second kappa shape index (κ2) is 11.7. The van der Waals surface area contributed by atoms with Crippen LogP contribution in [0.15, 0.2) is 6.07 Å². The standard InChI is InChI=1S/C25H39ClFN5O5/c1-9-14(2)29-19-16(21(33)32(28)23(35)37-25(6,7)8)12-17(27)20(18(19)26)31-11-10-15(13-31)30-22(34)36-24(3,4)5/h12,14-15,29H,9-11,13,28H2,1-8H3,(H,30,34). The molecule has 1 aromatic rings. The molecule has 12 heteroatoms. The lowest BCUT2D eigenvalue weighted by Gasteiger charge is -2.27. The first-order valence-electron chi connectivity index (χ1n) is 12.3. The van der Waals surface area contributed by atoms with Crippen LogP contribution in [0.3, 0.4) is 0 Å². The Labute approximate surface area is 222 Å². The fourth-order valence-corrected chi connectivity index (χ4v) is 4.00. The number of hydrogen-bond donors (Lipinski definition) is 3. The molecule has 10 nitrogen and oxygen atoms in total. The number of nitrogens with two attached hydrogens (primary N) is 1. The minimum atomic E-state index is -1.08. The summed E-state index contributed by atoms with van der Waals surface area (Å²) in [5.74, 6) is 4.02. The highest BCUT2D eigenvalue weighted by atomic mass is 35.5. The van der Waals surface area contributed by atoms with E-state index < -0.39 is 35.1 Å². The lowest BCUT2D eigenvalue weighted by atomic mass is 10.1. The van der Waals surface area contributed by atoms with E-state index in [1.807, 2.05) is 13.8 Å². The van der Waals surface area contributed by atoms with Crippen LogP contribution in [-0.2, 0) is 9.47 Å². The Hall–Kier alpha value is -2.79. The Morgan fingerprint density at radius 3 is 2.35 bits per heavy atom. The van der Waals surface area contributed by atoms with Crippen molar-refractivity contribution in [3.8, 4) is 0 Å². The molecular weight excluding hydrogens is 505 g/mol. The zero-order valence-electron chi connectivity index (χ0n) is 22.8. The molecule has 1 aliphatic heterocycles. The van der Waals surface area contributed by atoms with Gasteiger partial charge in [-0.25, -0.2) is 19.8 Å². The van der Waals surface area contributed by atoms with Crippen molar-refractivity contribution in [3.05, 3.63) is 22.5 Å². The van der Waals surface area contributed by atoms with Gasteiger partial charge in [-0.15, -0.1) is 0 Å². The predicted molar refractivity (Wildman–Crippen MR) is 141 cm³/mol. The van der Waals surface area contributed by atoms with Gasteiger partial charge >= 0.3 is 12.2 Å². The van der Waals surface area contributed by atoms with Gasteiger partial charge in [0.05, 0.1) is 28.0 Å². The van der Waals surface area contributed by atoms with Crippen molar-refractivity contribution in [1.29, 1.82) is 0 Å². The molecule has 1 heterocycles. The van der Waals surface area contributed by atoms with Crippen LogP contribution in [0.1, 0.15) is 78.6 Å². The molecule has 0 aliphatic carbocycles. The SMILES string of the molecule is CCC(C)Nc1c(C(=O)N(N)C(=O)OC(C)(C)C)cc(F)c(N2CCC(NC(=O)OC(C)(C)C)C2)c1Cl. The molecular formula is C25H39ClFN5O5. The van der Waals surface area contributed by atoms with Crippen molar-refractivity contribution in [2.24, 2.45) is 5.84 Å². The Morgan fingerprint density at radius 1 is 1.22 bits per heavy atom. The largest absolute Gasteiger partial charge is 0.444 e. The van der Waals surface area contributed by atoms with Gasteiger partial charge in [-0.2, -0.15) is 5.01 Å². The molecule has 3 amide bonds. The quantitative estimate of drug-likeness (QED) is 0.259. The van der Waals surface area contributed by atoms with Crippen molar-refractivity contribution in [2.45, 2.75) is 91.5 Å². The average Bonchev–Trinajstić information content (AvgIpc) is 3.19. The van der Waals surface area contributed by atoms with Crippen molar-refractivity contribution >= 4 is 41.1 Å². The van der Waals surface area contributed by atoms with E-state index >= 15 is 4.39 Å². The van der Waals surface area contributed by atoms with Crippen LogP contribution < -0.4 is 21.4 Å². The maximum Gasteiger partial charge on any atom is 0.432 e. The third-order valence-electron chi connectivity index (χ3n) is 5.46. The molecule has 1 aromatic carbocycles. The van der Waals surface area contributed by atoms with Gasteiger partial charge in [0, 0.05) is 19.1 Å². The van der Waals surface area contributed by atoms with Crippen LogP contribution in [0.4, 0.5) is 25.4 Å². The van der Waals surface area contributed by atoms with Gasteiger partial charge < -0.3 is 25.0 Å². The number of nitrogens with one attached hydrogen (secondary N) is 2. The topological polar surface area (TPSA) is 126 Å². The second-order valence-electron chi connectivity index (χ2n) is 11.1. The lowest BCUT2D eigenvalue weighted by molar-refractivity contribution is 0.0239. The lowest BCUT2D eigenvalue weighted by Crippen LogP contribution is -2.45. The zero-order valence-corrected chi connectivity index (χ0v) is 23.6. The number of anilines is 2. The average molecular weight is 544 g/mol. The molecule has 2 atom stereocenters. The molecule has 0 spiro atoms. The number of imide groups is 1. The molecule has 1 fully saturated rings. The van der Waals surface area contributed by atoms with E-state index in [0.717, 1.165) is 6.07 Å². The minimum Gasteiger partial charge on any atom is -0.444 e. The van der Waals surface area contributed by atoms with E-state index in [1.165, 1.54) is 0 Å². The molecule has 37 heavy (non-hydrogen) atoms. The summed E-state index contributed by atoms with van der Waals surface area (Å²) in [7, 11) is 0. The molecule has 1 aliphatic rings. The Morgan fingerprint density at radius 2 is 1.81 bits per heavy atom. The number of nitrogens with zero attached hydrogens (tertiary/aromatic N) is 2. The first-order valence-corrected chi connectivity index (χ1v) is 12.7. The summed E-state index contributed by atoms with van der Waals surface area (Å²) in [6.07, 6.45) is -0.418. The van der Waals surface area contributed by atoms with Gasteiger partial charge in [-0.3, -0.25) is 4.79 Å². The monoisotopic (exact) mass is 543 g/mol. The Balaban J connectivity index is 2.38.